The van der Waals surface area contributed by atoms with Crippen LogP contribution in [0.1, 0.15) is 63.4 Å². The normalized spacial score (nSPS) is 12.9. The molecule has 0 unspecified atom stereocenters. The maximum atomic E-state index is 14.2. The average Bonchev–Trinajstić information content (AvgIpc) is 4.03. The molecule has 15 heteroatoms. The van der Waals surface area contributed by atoms with Crippen LogP contribution in [0.5, 0.6) is 0 Å². The minimum absolute atomic E-state index is 0.113. The molecule has 6 rings (SSSR count). The van der Waals surface area contributed by atoms with Crippen LogP contribution in [0.25, 0.3) is 44.4 Å². The van der Waals surface area contributed by atoms with Crippen LogP contribution in [0.4, 0.5) is 9.59 Å². The second kappa shape index (κ2) is 21.6. The Bertz CT molecular complexity index is 2650. The van der Waals surface area contributed by atoms with E-state index in [0.717, 1.165) is 44.4 Å². The van der Waals surface area contributed by atoms with E-state index in [1.165, 1.54) is 14.2 Å². The molecule has 4 atom stereocenters. The summed E-state index contributed by atoms with van der Waals surface area (Å²) < 4.78 is 9.59. The number of fused-ring (bicyclic) bond motifs is 1. The number of benzene rings is 4. The standard InChI is InChI=1S/C50H55N9O6/c1-8-9-23-58(47(60)44(31(2)3)56-49(62)64-6)30-43-52-27-41(54-43)35-17-15-34(16-18-35)37-19-20-39-25-40(22-21-38(39)24-37)42-28-53-46(55-42)33(5)59(29-32(4)26-51)48(61)45(57-50(63)65-7)36-13-11-10-12-14-36/h8,10-22,24-25,27-28,31-33,44-45H,1,9,23,29-30H2,2-7H3,(H,52,54)(H,53,55)(H,56,62)(H,57,63)/t32-,33+,44+,45-/m1/s1. The molecule has 0 aliphatic heterocycles. The molecule has 15 nitrogen and oxygen atoms in total. The number of nitrogens with zero attached hydrogens (tertiary/aromatic N) is 5. The minimum Gasteiger partial charge on any atom is -0.453 e. The van der Waals surface area contributed by atoms with Gasteiger partial charge in [-0.25, -0.2) is 19.6 Å². The number of methoxy groups -OCH3 is 2. The molecule has 0 spiro atoms. The molecular weight excluding hydrogens is 823 g/mol. The summed E-state index contributed by atoms with van der Waals surface area (Å²) in [6, 6.07) is 29.4. The Balaban J connectivity index is 1.16. The van der Waals surface area contributed by atoms with E-state index in [1.54, 1.807) is 59.5 Å². The Kier molecular flexibility index (Phi) is 15.5. The molecule has 2 aromatic heterocycles. The summed E-state index contributed by atoms with van der Waals surface area (Å²) in [5.74, 6) is -0.140. The Labute approximate surface area is 378 Å². The molecule has 2 heterocycles. The van der Waals surface area contributed by atoms with Gasteiger partial charge < -0.3 is 39.9 Å². The van der Waals surface area contributed by atoms with Crippen LogP contribution in [0.3, 0.4) is 0 Å². The van der Waals surface area contributed by atoms with E-state index >= 15 is 0 Å². The largest absolute Gasteiger partial charge is 0.453 e. The highest BCUT2D eigenvalue weighted by Gasteiger charge is 2.33. The minimum atomic E-state index is -1.04. The van der Waals surface area contributed by atoms with Crippen molar-refractivity contribution in [2.45, 2.75) is 58.8 Å². The number of aromatic amines is 2. The second-order valence-corrected chi connectivity index (χ2v) is 16.2. The van der Waals surface area contributed by atoms with Crippen molar-refractivity contribution in [2.75, 3.05) is 27.3 Å². The molecule has 4 N–H and O–H groups in total. The smallest absolute Gasteiger partial charge is 0.407 e. The van der Waals surface area contributed by atoms with Gasteiger partial charge in [0.05, 0.1) is 62.6 Å². The monoisotopic (exact) mass is 877 g/mol. The van der Waals surface area contributed by atoms with Gasteiger partial charge in [-0.1, -0.05) is 98.8 Å². The van der Waals surface area contributed by atoms with Crippen molar-refractivity contribution in [3.8, 4) is 39.7 Å². The van der Waals surface area contributed by atoms with Crippen molar-refractivity contribution in [1.82, 2.24) is 40.4 Å². The summed E-state index contributed by atoms with van der Waals surface area (Å²) in [4.78, 5) is 71.4. The lowest BCUT2D eigenvalue weighted by molar-refractivity contribution is -0.136. The molecule has 0 bridgehead atoms. The topological polar surface area (TPSA) is 198 Å². The van der Waals surface area contributed by atoms with Gasteiger partial charge in [-0.05, 0) is 71.3 Å². The number of imidazole rings is 2. The van der Waals surface area contributed by atoms with Crippen molar-refractivity contribution in [3.63, 3.8) is 0 Å². The zero-order valence-corrected chi connectivity index (χ0v) is 37.5. The Morgan fingerprint density at radius 3 is 2.02 bits per heavy atom. The van der Waals surface area contributed by atoms with Crippen LogP contribution in [-0.2, 0) is 25.6 Å². The van der Waals surface area contributed by atoms with E-state index in [-0.39, 0.29) is 24.9 Å². The average molecular weight is 878 g/mol. The highest BCUT2D eigenvalue weighted by atomic mass is 16.5. The molecule has 0 radical (unpaired) electrons. The second-order valence-electron chi connectivity index (χ2n) is 16.2. The molecular formula is C50H55N9O6. The van der Waals surface area contributed by atoms with Crippen LogP contribution in [-0.4, -0.2) is 87.1 Å². The molecule has 4 aromatic carbocycles. The van der Waals surface area contributed by atoms with Crippen LogP contribution in [0.15, 0.2) is 116 Å². The van der Waals surface area contributed by atoms with Gasteiger partial charge in [-0.3, -0.25) is 9.59 Å². The summed E-state index contributed by atoms with van der Waals surface area (Å²) in [6.45, 7) is 11.9. The van der Waals surface area contributed by atoms with Crippen molar-refractivity contribution in [1.29, 1.82) is 5.26 Å². The lowest BCUT2D eigenvalue weighted by Crippen LogP contribution is -2.51. The van der Waals surface area contributed by atoms with E-state index in [0.29, 0.717) is 30.2 Å². The third-order valence-corrected chi connectivity index (χ3v) is 11.2. The Morgan fingerprint density at radius 2 is 1.37 bits per heavy atom. The Morgan fingerprint density at radius 1 is 0.769 bits per heavy atom. The summed E-state index contributed by atoms with van der Waals surface area (Å²) in [7, 11) is 2.51. The van der Waals surface area contributed by atoms with Gasteiger partial charge in [0.25, 0.3) is 5.91 Å². The number of carbonyl (C=O) groups is 4. The van der Waals surface area contributed by atoms with Crippen molar-refractivity contribution in [3.05, 3.63) is 133 Å². The number of carbonyl (C=O) groups excluding carboxylic acids is 4. The zero-order chi connectivity index (χ0) is 46.6. The first kappa shape index (κ1) is 46.8. The van der Waals surface area contributed by atoms with Gasteiger partial charge in [0.15, 0.2) is 0 Å². The lowest BCUT2D eigenvalue weighted by atomic mass is 9.98. The summed E-state index contributed by atoms with van der Waals surface area (Å²) in [5.41, 5.74) is 6.06. The van der Waals surface area contributed by atoms with Gasteiger partial charge in [-0.2, -0.15) is 5.26 Å². The molecule has 0 fully saturated rings. The fourth-order valence-electron chi connectivity index (χ4n) is 7.51. The van der Waals surface area contributed by atoms with Crippen LogP contribution in [0, 0.1) is 23.2 Å². The number of hydrogen-bond acceptors (Lipinski definition) is 9. The van der Waals surface area contributed by atoms with Gasteiger partial charge >= 0.3 is 12.2 Å². The van der Waals surface area contributed by atoms with E-state index in [4.69, 9.17) is 9.47 Å². The number of ether oxygens (including phenoxy) is 2. The number of aromatic nitrogens is 4. The van der Waals surface area contributed by atoms with Gasteiger partial charge in [0.2, 0.25) is 5.91 Å². The maximum absolute atomic E-state index is 14.2. The van der Waals surface area contributed by atoms with E-state index in [1.807, 2.05) is 45.0 Å². The molecule has 0 saturated heterocycles. The predicted molar refractivity (Wildman–Crippen MR) is 249 cm³/mol. The zero-order valence-electron chi connectivity index (χ0n) is 37.5. The van der Waals surface area contributed by atoms with Crippen molar-refractivity contribution < 1.29 is 28.7 Å². The third-order valence-electron chi connectivity index (χ3n) is 11.2. The molecule has 4 amide bonds. The molecule has 0 aliphatic carbocycles. The van der Waals surface area contributed by atoms with Crippen molar-refractivity contribution in [2.24, 2.45) is 11.8 Å². The first-order chi connectivity index (χ1) is 31.3. The van der Waals surface area contributed by atoms with E-state index < -0.39 is 42.1 Å². The number of alkyl carbamates (subject to hydrolysis) is 2. The molecule has 6 aromatic rings. The van der Waals surface area contributed by atoms with Gasteiger partial charge in [-0.15, -0.1) is 6.58 Å². The summed E-state index contributed by atoms with van der Waals surface area (Å²) in [6.07, 6.45) is 4.40. The number of nitriles is 1. The highest BCUT2D eigenvalue weighted by molar-refractivity contribution is 5.91. The first-order valence-corrected chi connectivity index (χ1v) is 21.4. The van der Waals surface area contributed by atoms with E-state index in [9.17, 15) is 24.4 Å². The fraction of sp³-hybridized carbons (Fsp3) is 0.300. The quantitative estimate of drug-likeness (QED) is 0.0610. The molecule has 0 saturated carbocycles. The highest BCUT2D eigenvalue weighted by Crippen LogP contribution is 2.31. The number of rotatable bonds is 18. The lowest BCUT2D eigenvalue weighted by Gasteiger charge is -2.32. The Hall–Kier alpha value is -7.73. The third kappa shape index (κ3) is 11.5. The maximum Gasteiger partial charge on any atom is 0.407 e. The van der Waals surface area contributed by atoms with Crippen molar-refractivity contribution >= 4 is 34.8 Å². The summed E-state index contributed by atoms with van der Waals surface area (Å²) in [5, 5.41) is 17.1. The number of nitrogens with one attached hydrogen (secondary N) is 4. The van der Waals surface area contributed by atoms with Crippen LogP contribution >= 0.6 is 0 Å². The predicted octanol–water partition coefficient (Wildman–Crippen LogP) is 8.72. The molecule has 65 heavy (non-hydrogen) atoms. The van der Waals surface area contributed by atoms with Gasteiger partial charge in [0, 0.05) is 18.7 Å². The van der Waals surface area contributed by atoms with Gasteiger partial charge in [0.1, 0.15) is 23.7 Å². The van der Waals surface area contributed by atoms with Crippen LogP contribution in [0.2, 0.25) is 0 Å². The number of hydrogen-bond donors (Lipinski definition) is 4. The SMILES string of the molecule is C=CCCN(Cc1ncc(-c2ccc(-c3ccc4cc(-c5cnc([C@H](C)N(C[C@H](C)C#N)C(=O)[C@H](NC(=O)OC)c6ccccc6)[nH]5)ccc4c3)cc2)[nH]1)C(=O)[C@@H](NC(=O)OC)C(C)C. The molecule has 0 aliphatic rings. The van der Waals surface area contributed by atoms with Crippen LogP contribution < -0.4 is 10.6 Å². The first-order valence-electron chi connectivity index (χ1n) is 21.4. The fourth-order valence-corrected chi connectivity index (χ4v) is 7.51. The molecule has 336 valence electrons. The number of amides is 4. The van der Waals surface area contributed by atoms with E-state index in [2.05, 4.69) is 85.7 Å². The summed E-state index contributed by atoms with van der Waals surface area (Å²) >= 11 is 0. The number of H-pyrrole nitrogens is 2.